The maximum atomic E-state index is 13.0. The Hall–Kier alpha value is -1.49. The van der Waals surface area contributed by atoms with Gasteiger partial charge in [0, 0.05) is 6.54 Å². The summed E-state index contributed by atoms with van der Waals surface area (Å²) >= 11 is 0. The Morgan fingerprint density at radius 1 is 1.25 bits per heavy atom. The average molecular weight is 282 g/mol. The molecule has 5 heteroatoms. The molecule has 1 amide bonds. The van der Waals surface area contributed by atoms with Crippen molar-refractivity contribution in [2.75, 3.05) is 19.6 Å². The van der Waals surface area contributed by atoms with Gasteiger partial charge in [-0.25, -0.2) is 8.78 Å². The number of carbonyl (C=O) groups excluding carboxylic acids is 1. The Morgan fingerprint density at radius 3 is 2.70 bits per heavy atom. The lowest BCUT2D eigenvalue weighted by molar-refractivity contribution is -0.120. The van der Waals surface area contributed by atoms with Crippen molar-refractivity contribution in [3.05, 3.63) is 35.4 Å². The molecule has 2 rings (SSSR count). The number of carbonyl (C=O) groups is 1. The fourth-order valence-electron chi connectivity index (χ4n) is 2.48. The third-order valence-electron chi connectivity index (χ3n) is 3.68. The van der Waals surface area contributed by atoms with Crippen molar-refractivity contribution in [3.8, 4) is 0 Å². The van der Waals surface area contributed by atoms with Crippen LogP contribution in [0.2, 0.25) is 0 Å². The zero-order valence-electron chi connectivity index (χ0n) is 11.4. The van der Waals surface area contributed by atoms with Crippen LogP contribution in [0.3, 0.4) is 0 Å². The first kappa shape index (κ1) is 14.9. The number of piperidine rings is 1. The predicted molar refractivity (Wildman–Crippen MR) is 73.3 cm³/mol. The summed E-state index contributed by atoms with van der Waals surface area (Å²) in [4.78, 5) is 11.7. The topological polar surface area (TPSA) is 41.1 Å². The van der Waals surface area contributed by atoms with Gasteiger partial charge in [0.05, 0.1) is 6.42 Å². The standard InChI is InChI=1S/C15H20F2N2O/c16-13-2-1-12(9-14(13)17)10-15(20)19-8-5-11-3-6-18-7-4-11/h1-2,9,11,18H,3-8,10H2,(H,19,20). The molecule has 1 aromatic carbocycles. The second-order valence-electron chi connectivity index (χ2n) is 5.26. The summed E-state index contributed by atoms with van der Waals surface area (Å²) in [6.07, 6.45) is 3.37. The minimum absolute atomic E-state index is 0.0867. The molecule has 1 aromatic rings. The number of halogens is 2. The molecule has 3 nitrogen and oxygen atoms in total. The van der Waals surface area contributed by atoms with Crippen molar-refractivity contribution in [1.82, 2.24) is 10.6 Å². The summed E-state index contributed by atoms with van der Waals surface area (Å²) in [6, 6.07) is 3.56. The maximum Gasteiger partial charge on any atom is 0.224 e. The van der Waals surface area contributed by atoms with E-state index in [0.29, 0.717) is 18.0 Å². The lowest BCUT2D eigenvalue weighted by Crippen LogP contribution is -2.31. The number of benzene rings is 1. The molecule has 110 valence electrons. The smallest absolute Gasteiger partial charge is 0.224 e. The zero-order chi connectivity index (χ0) is 14.4. The van der Waals surface area contributed by atoms with Crippen LogP contribution in [-0.4, -0.2) is 25.5 Å². The second-order valence-corrected chi connectivity index (χ2v) is 5.26. The summed E-state index contributed by atoms with van der Waals surface area (Å²) in [6.45, 7) is 2.74. The van der Waals surface area contributed by atoms with E-state index in [1.54, 1.807) is 0 Å². The number of nitrogens with one attached hydrogen (secondary N) is 2. The minimum atomic E-state index is -0.912. The van der Waals surface area contributed by atoms with Crippen molar-refractivity contribution >= 4 is 5.91 Å². The Labute approximate surface area is 117 Å². The van der Waals surface area contributed by atoms with E-state index in [-0.39, 0.29) is 12.3 Å². The second kappa shape index (κ2) is 7.33. The summed E-state index contributed by atoms with van der Waals surface area (Å²) in [5.41, 5.74) is 0.489. The SMILES string of the molecule is O=C(Cc1ccc(F)c(F)c1)NCCC1CCNCC1. The van der Waals surface area contributed by atoms with Gasteiger partial charge < -0.3 is 10.6 Å². The van der Waals surface area contributed by atoms with Crippen LogP contribution < -0.4 is 10.6 Å². The van der Waals surface area contributed by atoms with Gasteiger partial charge in [-0.1, -0.05) is 6.07 Å². The largest absolute Gasteiger partial charge is 0.356 e. The van der Waals surface area contributed by atoms with E-state index in [4.69, 9.17) is 0 Å². The number of amides is 1. The van der Waals surface area contributed by atoms with Crippen LogP contribution in [0.1, 0.15) is 24.8 Å². The Balaban J connectivity index is 1.70. The van der Waals surface area contributed by atoms with Crippen molar-refractivity contribution in [1.29, 1.82) is 0 Å². The van der Waals surface area contributed by atoms with Gasteiger partial charge in [-0.3, -0.25) is 4.79 Å². The molecule has 0 unspecified atom stereocenters. The molecule has 20 heavy (non-hydrogen) atoms. The maximum absolute atomic E-state index is 13.0. The van der Waals surface area contributed by atoms with E-state index in [2.05, 4.69) is 10.6 Å². The molecule has 1 aliphatic rings. The third kappa shape index (κ3) is 4.56. The summed E-state index contributed by atoms with van der Waals surface area (Å²) in [5, 5.41) is 6.14. The molecule has 0 bridgehead atoms. The monoisotopic (exact) mass is 282 g/mol. The molecule has 0 radical (unpaired) electrons. The van der Waals surface area contributed by atoms with E-state index in [0.717, 1.165) is 44.5 Å². The summed E-state index contributed by atoms with van der Waals surface area (Å²) in [5.74, 6) is -1.28. The number of rotatable bonds is 5. The van der Waals surface area contributed by atoms with E-state index < -0.39 is 11.6 Å². The molecule has 0 aromatic heterocycles. The van der Waals surface area contributed by atoms with Gasteiger partial charge in [0.15, 0.2) is 11.6 Å². The van der Waals surface area contributed by atoms with Crippen LogP contribution in [0.25, 0.3) is 0 Å². The molecule has 1 aliphatic heterocycles. The first-order valence-electron chi connectivity index (χ1n) is 7.06. The first-order valence-corrected chi connectivity index (χ1v) is 7.06. The molecule has 1 heterocycles. The van der Waals surface area contributed by atoms with E-state index in [1.807, 2.05) is 0 Å². The number of hydrogen-bond donors (Lipinski definition) is 2. The Morgan fingerprint density at radius 2 is 2.00 bits per heavy atom. The van der Waals surface area contributed by atoms with Crippen LogP contribution in [-0.2, 0) is 11.2 Å². The van der Waals surface area contributed by atoms with Crippen LogP contribution in [0.4, 0.5) is 8.78 Å². The average Bonchev–Trinajstić information content (AvgIpc) is 2.44. The lowest BCUT2D eigenvalue weighted by Gasteiger charge is -2.22. The molecule has 0 spiro atoms. The fourth-order valence-corrected chi connectivity index (χ4v) is 2.48. The first-order chi connectivity index (χ1) is 9.65. The van der Waals surface area contributed by atoms with Crippen molar-refractivity contribution in [2.24, 2.45) is 5.92 Å². The highest BCUT2D eigenvalue weighted by molar-refractivity contribution is 5.78. The van der Waals surface area contributed by atoms with Crippen LogP contribution in [0.15, 0.2) is 18.2 Å². The van der Waals surface area contributed by atoms with E-state index in [1.165, 1.54) is 6.07 Å². The van der Waals surface area contributed by atoms with E-state index >= 15 is 0 Å². The lowest BCUT2D eigenvalue weighted by atomic mass is 9.95. The molecule has 0 atom stereocenters. The van der Waals surface area contributed by atoms with Crippen LogP contribution in [0.5, 0.6) is 0 Å². The van der Waals surface area contributed by atoms with Crippen molar-refractivity contribution < 1.29 is 13.6 Å². The van der Waals surface area contributed by atoms with Gasteiger partial charge in [0.1, 0.15) is 0 Å². The van der Waals surface area contributed by atoms with Gasteiger partial charge in [0.2, 0.25) is 5.91 Å². The van der Waals surface area contributed by atoms with Crippen molar-refractivity contribution in [3.63, 3.8) is 0 Å². The van der Waals surface area contributed by atoms with E-state index in [9.17, 15) is 13.6 Å². The zero-order valence-corrected chi connectivity index (χ0v) is 11.4. The molecule has 1 saturated heterocycles. The molecular weight excluding hydrogens is 262 g/mol. The number of hydrogen-bond acceptors (Lipinski definition) is 2. The van der Waals surface area contributed by atoms with Gasteiger partial charge in [0.25, 0.3) is 0 Å². The Bertz CT molecular complexity index is 459. The minimum Gasteiger partial charge on any atom is -0.356 e. The Kier molecular flexibility index (Phi) is 5.47. The van der Waals surface area contributed by atoms with Crippen LogP contribution in [0, 0.1) is 17.6 Å². The van der Waals surface area contributed by atoms with Gasteiger partial charge in [-0.05, 0) is 56.0 Å². The molecule has 0 aliphatic carbocycles. The predicted octanol–water partition coefficient (Wildman–Crippen LogP) is 2.01. The molecule has 0 saturated carbocycles. The molecular formula is C15H20F2N2O. The summed E-state index contributed by atoms with van der Waals surface area (Å²) < 4.78 is 25.8. The van der Waals surface area contributed by atoms with Gasteiger partial charge >= 0.3 is 0 Å². The summed E-state index contributed by atoms with van der Waals surface area (Å²) in [7, 11) is 0. The highest BCUT2D eigenvalue weighted by atomic mass is 19.2. The third-order valence-corrected chi connectivity index (χ3v) is 3.68. The van der Waals surface area contributed by atoms with Gasteiger partial charge in [-0.15, -0.1) is 0 Å². The fraction of sp³-hybridized carbons (Fsp3) is 0.533. The quantitative estimate of drug-likeness (QED) is 0.867. The molecule has 2 N–H and O–H groups in total. The van der Waals surface area contributed by atoms with Crippen molar-refractivity contribution in [2.45, 2.75) is 25.7 Å². The van der Waals surface area contributed by atoms with Gasteiger partial charge in [-0.2, -0.15) is 0 Å². The highest BCUT2D eigenvalue weighted by Crippen LogP contribution is 2.14. The normalized spacial score (nSPS) is 16.1. The highest BCUT2D eigenvalue weighted by Gasteiger charge is 2.13. The molecule has 1 fully saturated rings. The van der Waals surface area contributed by atoms with Crippen LogP contribution >= 0.6 is 0 Å².